The zero-order valence-corrected chi connectivity index (χ0v) is 11.2. The molecule has 2 aromatic rings. The molecular weight excluding hydrogens is 283 g/mol. The number of ether oxygens (including phenoxy) is 2. The van der Waals surface area contributed by atoms with Crippen molar-refractivity contribution in [2.75, 3.05) is 12.8 Å². The Labute approximate surface area is 118 Å². The Balaban J connectivity index is 2.43. The molecule has 8 nitrogen and oxygen atoms in total. The number of anilines is 1. The van der Waals surface area contributed by atoms with Crippen molar-refractivity contribution in [3.05, 3.63) is 40.0 Å². The lowest BCUT2D eigenvalue weighted by molar-refractivity contribution is -0.385. The van der Waals surface area contributed by atoms with Crippen molar-refractivity contribution in [2.24, 2.45) is 0 Å². The molecule has 0 aliphatic heterocycles. The third kappa shape index (κ3) is 2.81. The lowest BCUT2D eigenvalue weighted by Crippen LogP contribution is -2.01. The summed E-state index contributed by atoms with van der Waals surface area (Å²) in [4.78, 5) is 17.6. The number of aromatic nitrogens is 2. The molecule has 1 aromatic heterocycles. The number of methoxy groups -OCH3 is 1. The molecule has 1 aromatic carbocycles. The van der Waals surface area contributed by atoms with Crippen LogP contribution in [0.25, 0.3) is 0 Å². The van der Waals surface area contributed by atoms with Crippen LogP contribution in [0.15, 0.2) is 18.5 Å². The molecule has 0 fully saturated rings. The molecular formula is C12H11FN4O4. The van der Waals surface area contributed by atoms with E-state index in [-0.39, 0.29) is 34.4 Å². The van der Waals surface area contributed by atoms with Gasteiger partial charge in [0.15, 0.2) is 17.4 Å². The summed E-state index contributed by atoms with van der Waals surface area (Å²) in [5, 5.41) is 10.7. The summed E-state index contributed by atoms with van der Waals surface area (Å²) in [6.45, 7) is 1.47. The highest BCUT2D eigenvalue weighted by Crippen LogP contribution is 2.35. The highest BCUT2D eigenvalue weighted by Gasteiger charge is 2.19. The summed E-state index contributed by atoms with van der Waals surface area (Å²) in [6.07, 6.45) is 1.13. The summed E-state index contributed by atoms with van der Waals surface area (Å²) >= 11 is 0. The van der Waals surface area contributed by atoms with E-state index in [1.54, 1.807) is 0 Å². The lowest BCUT2D eigenvalue weighted by Gasteiger charge is -2.11. The lowest BCUT2D eigenvalue weighted by atomic mass is 10.2. The smallest absolute Gasteiger partial charge is 0.275 e. The number of nitrogen functional groups attached to an aromatic ring is 1. The first kappa shape index (κ1) is 14.4. The average molecular weight is 294 g/mol. The number of rotatable bonds is 4. The minimum absolute atomic E-state index is 0.0292. The second-order valence-electron chi connectivity index (χ2n) is 4.03. The van der Waals surface area contributed by atoms with Gasteiger partial charge in [-0.25, -0.2) is 9.37 Å². The molecule has 0 bridgehead atoms. The number of aryl methyl sites for hydroxylation is 1. The van der Waals surface area contributed by atoms with Crippen LogP contribution in [0.2, 0.25) is 0 Å². The van der Waals surface area contributed by atoms with Crippen molar-refractivity contribution in [2.45, 2.75) is 6.92 Å². The van der Waals surface area contributed by atoms with Crippen LogP contribution in [0, 0.1) is 22.9 Å². The molecule has 0 spiro atoms. The average Bonchev–Trinajstić information content (AvgIpc) is 2.42. The molecule has 0 aliphatic rings. The van der Waals surface area contributed by atoms with Crippen molar-refractivity contribution >= 4 is 11.5 Å². The quantitative estimate of drug-likeness (QED) is 0.679. The maximum absolute atomic E-state index is 13.9. The van der Waals surface area contributed by atoms with E-state index in [0.717, 1.165) is 12.4 Å². The summed E-state index contributed by atoms with van der Waals surface area (Å²) in [5.41, 5.74) is 5.49. The molecule has 0 aliphatic carbocycles. The minimum atomic E-state index is -0.897. The van der Waals surface area contributed by atoms with Gasteiger partial charge in [0.25, 0.3) is 11.6 Å². The number of hydrogen-bond acceptors (Lipinski definition) is 7. The first-order valence-electron chi connectivity index (χ1n) is 5.71. The van der Waals surface area contributed by atoms with Gasteiger partial charge >= 0.3 is 0 Å². The summed E-state index contributed by atoms with van der Waals surface area (Å²) in [7, 11) is 1.33. The minimum Gasteiger partial charge on any atom is -0.489 e. The maximum atomic E-state index is 13.9. The van der Waals surface area contributed by atoms with Crippen molar-refractivity contribution in [3.8, 4) is 17.4 Å². The van der Waals surface area contributed by atoms with Crippen molar-refractivity contribution in [1.82, 2.24) is 9.97 Å². The molecule has 0 unspecified atom stereocenters. The van der Waals surface area contributed by atoms with Gasteiger partial charge in [0.2, 0.25) is 5.75 Å². The van der Waals surface area contributed by atoms with E-state index >= 15 is 0 Å². The fraction of sp³-hybridized carbons (Fsp3) is 0.167. The van der Waals surface area contributed by atoms with E-state index in [1.807, 2.05) is 0 Å². The maximum Gasteiger partial charge on any atom is 0.275 e. The zero-order chi connectivity index (χ0) is 15.6. The number of nitro groups is 1. The van der Waals surface area contributed by atoms with Gasteiger partial charge < -0.3 is 15.2 Å². The normalized spacial score (nSPS) is 10.2. The third-order valence-corrected chi connectivity index (χ3v) is 2.66. The molecule has 1 heterocycles. The van der Waals surface area contributed by atoms with E-state index in [9.17, 15) is 14.5 Å². The van der Waals surface area contributed by atoms with Crippen molar-refractivity contribution in [1.29, 1.82) is 0 Å². The second-order valence-corrected chi connectivity index (χ2v) is 4.03. The van der Waals surface area contributed by atoms with Gasteiger partial charge in [-0.15, -0.1) is 0 Å². The van der Waals surface area contributed by atoms with E-state index in [1.165, 1.54) is 20.1 Å². The summed E-state index contributed by atoms with van der Waals surface area (Å²) < 4.78 is 24.1. The number of nitrogens with two attached hydrogens (primary N) is 1. The predicted octanol–water partition coefficient (Wildman–Crippen LogP) is 2.22. The van der Waals surface area contributed by atoms with Crippen LogP contribution < -0.4 is 15.2 Å². The SMILES string of the molecule is COc1c(N)ncnc1Oc1cc(C)c([N+](=O)[O-])cc1F. The number of nitro benzene ring substituents is 1. The molecule has 0 atom stereocenters. The van der Waals surface area contributed by atoms with E-state index in [2.05, 4.69) is 9.97 Å². The molecule has 0 amide bonds. The van der Waals surface area contributed by atoms with Gasteiger partial charge in [-0.05, 0) is 13.0 Å². The Morgan fingerprint density at radius 2 is 2.10 bits per heavy atom. The first-order valence-corrected chi connectivity index (χ1v) is 5.71. The number of halogens is 1. The van der Waals surface area contributed by atoms with Gasteiger partial charge in [-0.3, -0.25) is 10.1 Å². The Hall–Kier alpha value is -2.97. The molecule has 110 valence electrons. The van der Waals surface area contributed by atoms with Gasteiger partial charge in [0, 0.05) is 5.56 Å². The Bertz CT molecular complexity index is 708. The monoisotopic (exact) mass is 294 g/mol. The first-order chi connectivity index (χ1) is 9.93. The number of nitrogens with zero attached hydrogens (tertiary/aromatic N) is 3. The predicted molar refractivity (Wildman–Crippen MR) is 70.9 cm³/mol. The fourth-order valence-electron chi connectivity index (χ4n) is 1.66. The second kappa shape index (κ2) is 5.57. The highest BCUT2D eigenvalue weighted by molar-refractivity contribution is 5.53. The van der Waals surface area contributed by atoms with Crippen LogP contribution in [0.1, 0.15) is 5.56 Å². The summed E-state index contributed by atoms with van der Waals surface area (Å²) in [6, 6.07) is 1.98. The largest absolute Gasteiger partial charge is 0.489 e. The van der Waals surface area contributed by atoms with Gasteiger partial charge in [0.1, 0.15) is 6.33 Å². The topological polar surface area (TPSA) is 113 Å². The Morgan fingerprint density at radius 3 is 2.71 bits per heavy atom. The molecule has 2 N–H and O–H groups in total. The Morgan fingerprint density at radius 1 is 1.38 bits per heavy atom. The molecule has 0 saturated heterocycles. The standard InChI is InChI=1S/C12H11FN4O4/c1-6-3-9(7(13)4-8(6)17(18)19)21-12-10(20-2)11(14)15-5-16-12/h3-5H,1-2H3,(H2,14,15,16). The number of hydrogen-bond donors (Lipinski definition) is 1. The van der Waals surface area contributed by atoms with E-state index in [0.29, 0.717) is 0 Å². The van der Waals surface area contributed by atoms with Crippen LogP contribution in [-0.2, 0) is 0 Å². The third-order valence-electron chi connectivity index (χ3n) is 2.66. The van der Waals surface area contributed by atoms with Crippen molar-refractivity contribution in [3.63, 3.8) is 0 Å². The van der Waals surface area contributed by atoms with Gasteiger partial charge in [-0.1, -0.05) is 0 Å². The van der Waals surface area contributed by atoms with Crippen molar-refractivity contribution < 1.29 is 18.8 Å². The van der Waals surface area contributed by atoms with Gasteiger partial charge in [-0.2, -0.15) is 4.98 Å². The molecule has 0 radical (unpaired) electrons. The highest BCUT2D eigenvalue weighted by atomic mass is 19.1. The molecule has 9 heteroatoms. The zero-order valence-electron chi connectivity index (χ0n) is 11.2. The number of benzene rings is 1. The van der Waals surface area contributed by atoms with Crippen LogP contribution >= 0.6 is 0 Å². The van der Waals surface area contributed by atoms with E-state index in [4.69, 9.17) is 15.2 Å². The van der Waals surface area contributed by atoms with Crippen LogP contribution in [-0.4, -0.2) is 22.0 Å². The van der Waals surface area contributed by atoms with Gasteiger partial charge in [0.05, 0.1) is 18.1 Å². The molecule has 21 heavy (non-hydrogen) atoms. The van der Waals surface area contributed by atoms with E-state index < -0.39 is 10.7 Å². The Kier molecular flexibility index (Phi) is 3.83. The van der Waals surface area contributed by atoms with Crippen LogP contribution in [0.5, 0.6) is 17.4 Å². The van der Waals surface area contributed by atoms with Crippen LogP contribution in [0.3, 0.4) is 0 Å². The van der Waals surface area contributed by atoms with Crippen LogP contribution in [0.4, 0.5) is 15.9 Å². The summed E-state index contributed by atoms with van der Waals surface area (Å²) in [5.74, 6) is -1.13. The molecule has 0 saturated carbocycles. The molecule has 2 rings (SSSR count). The fourth-order valence-corrected chi connectivity index (χ4v) is 1.66.